The lowest BCUT2D eigenvalue weighted by Gasteiger charge is -2.28. The Labute approximate surface area is 188 Å². The summed E-state index contributed by atoms with van der Waals surface area (Å²) in [6.07, 6.45) is 3.35. The first-order valence-corrected chi connectivity index (χ1v) is 12.0. The first-order chi connectivity index (χ1) is 15.6. The Bertz CT molecular complexity index is 1350. The Balaban J connectivity index is 1.51. The van der Waals surface area contributed by atoms with Crippen molar-refractivity contribution in [3.05, 3.63) is 66.4 Å². The van der Waals surface area contributed by atoms with Crippen molar-refractivity contribution in [1.29, 1.82) is 5.26 Å². The van der Waals surface area contributed by atoms with Gasteiger partial charge in [0.15, 0.2) is 0 Å². The van der Waals surface area contributed by atoms with E-state index in [1.807, 2.05) is 12.1 Å². The van der Waals surface area contributed by atoms with Gasteiger partial charge >= 0.3 is 0 Å². The number of nitrogens with one attached hydrogen (secondary N) is 1. The molecule has 1 atom stereocenters. The number of benzene rings is 2. The van der Waals surface area contributed by atoms with Crippen molar-refractivity contribution in [3.8, 4) is 28.5 Å². The predicted molar refractivity (Wildman–Crippen MR) is 127 cm³/mol. The van der Waals surface area contributed by atoms with Crippen LogP contribution in [0.15, 0.2) is 65.7 Å². The Morgan fingerprint density at radius 2 is 1.81 bits per heavy atom. The van der Waals surface area contributed by atoms with E-state index in [1.54, 1.807) is 24.6 Å². The van der Waals surface area contributed by atoms with Crippen LogP contribution in [0.1, 0.15) is 5.56 Å². The molecule has 32 heavy (non-hydrogen) atoms. The highest BCUT2D eigenvalue weighted by Gasteiger charge is 2.14. The van der Waals surface area contributed by atoms with E-state index in [9.17, 15) is 9.47 Å². The van der Waals surface area contributed by atoms with Crippen molar-refractivity contribution in [2.45, 2.75) is 4.90 Å². The number of fused-ring (bicyclic) bond motifs is 1. The fourth-order valence-corrected chi connectivity index (χ4v) is 4.82. The van der Waals surface area contributed by atoms with Gasteiger partial charge in [0.2, 0.25) is 0 Å². The van der Waals surface area contributed by atoms with E-state index in [4.69, 9.17) is 4.74 Å². The molecule has 0 saturated carbocycles. The zero-order chi connectivity index (χ0) is 22.1. The van der Waals surface area contributed by atoms with Crippen molar-refractivity contribution >= 4 is 27.5 Å². The van der Waals surface area contributed by atoms with Crippen molar-refractivity contribution in [2.75, 3.05) is 37.5 Å². The minimum Gasteiger partial charge on any atom is -0.378 e. The van der Waals surface area contributed by atoms with Gasteiger partial charge in [-0.3, -0.25) is 4.21 Å². The molecule has 0 amide bonds. The molecular formula is C25H22N4O2S. The molecule has 3 heterocycles. The highest BCUT2D eigenvalue weighted by Crippen LogP contribution is 2.33. The fourth-order valence-electron chi connectivity index (χ4n) is 4.14. The highest BCUT2D eigenvalue weighted by molar-refractivity contribution is 7.84. The molecule has 2 aromatic carbocycles. The van der Waals surface area contributed by atoms with Gasteiger partial charge in [0.1, 0.15) is 11.7 Å². The summed E-state index contributed by atoms with van der Waals surface area (Å²) >= 11 is 0. The van der Waals surface area contributed by atoms with Crippen LogP contribution in [0.4, 0.5) is 5.69 Å². The number of hydrogen-bond donors (Lipinski definition) is 1. The third-order valence-corrected chi connectivity index (χ3v) is 6.78. The number of nitrogens with zero attached hydrogens (tertiary/aromatic N) is 3. The molecule has 1 aliphatic heterocycles. The molecule has 1 saturated heterocycles. The monoisotopic (exact) mass is 442 g/mol. The van der Waals surface area contributed by atoms with Gasteiger partial charge in [-0.15, -0.1) is 0 Å². The molecule has 1 N–H and O–H groups in total. The maximum Gasteiger partial charge on any atom is 0.138 e. The average molecular weight is 443 g/mol. The zero-order valence-electron chi connectivity index (χ0n) is 17.7. The van der Waals surface area contributed by atoms with Crippen LogP contribution in [-0.2, 0) is 15.5 Å². The first-order valence-electron chi connectivity index (χ1n) is 10.4. The second-order valence-corrected chi connectivity index (χ2v) is 9.08. The lowest BCUT2D eigenvalue weighted by atomic mass is 10.0. The van der Waals surface area contributed by atoms with Gasteiger partial charge in [0, 0.05) is 42.3 Å². The SMILES string of the molecule is CS(=O)c1ccc(-c2ccnc3[nH]c(-c4ccc(N5CCOCC5)cc4)cc23)cc1C#N. The van der Waals surface area contributed by atoms with E-state index in [2.05, 4.69) is 51.3 Å². The zero-order valence-corrected chi connectivity index (χ0v) is 18.5. The van der Waals surface area contributed by atoms with Gasteiger partial charge < -0.3 is 14.6 Å². The van der Waals surface area contributed by atoms with Crippen LogP contribution in [0, 0.1) is 11.3 Å². The topological polar surface area (TPSA) is 82.0 Å². The molecule has 0 aliphatic carbocycles. The second-order valence-electron chi connectivity index (χ2n) is 7.73. The molecular weight excluding hydrogens is 420 g/mol. The molecule has 1 fully saturated rings. The van der Waals surface area contributed by atoms with E-state index in [0.29, 0.717) is 10.5 Å². The number of aromatic amines is 1. The molecule has 160 valence electrons. The molecule has 0 spiro atoms. The van der Waals surface area contributed by atoms with E-state index in [-0.39, 0.29) is 0 Å². The molecule has 4 aromatic rings. The number of morpholine rings is 1. The minimum absolute atomic E-state index is 0.433. The highest BCUT2D eigenvalue weighted by atomic mass is 32.2. The standard InChI is InChI=1S/C25H22N4O2S/c1-32(30)24-7-4-18(14-19(24)16-26)21-8-9-27-25-22(21)15-23(28-25)17-2-5-20(6-3-17)29-10-12-31-13-11-29/h2-9,14-15H,10-13H2,1H3,(H,27,28). The molecule has 0 bridgehead atoms. The van der Waals surface area contributed by atoms with E-state index >= 15 is 0 Å². The quantitative estimate of drug-likeness (QED) is 0.508. The number of rotatable bonds is 4. The van der Waals surface area contributed by atoms with Crippen molar-refractivity contribution in [3.63, 3.8) is 0 Å². The van der Waals surface area contributed by atoms with Gasteiger partial charge in [-0.1, -0.05) is 18.2 Å². The van der Waals surface area contributed by atoms with E-state index in [1.165, 1.54) is 5.69 Å². The average Bonchev–Trinajstić information content (AvgIpc) is 3.29. The van der Waals surface area contributed by atoms with E-state index < -0.39 is 10.8 Å². The molecule has 1 unspecified atom stereocenters. The Morgan fingerprint density at radius 3 is 2.53 bits per heavy atom. The molecule has 1 aliphatic rings. The molecule has 6 nitrogen and oxygen atoms in total. The third-order valence-electron chi connectivity index (χ3n) is 5.81. The van der Waals surface area contributed by atoms with Crippen LogP contribution in [-0.4, -0.2) is 46.7 Å². The van der Waals surface area contributed by atoms with Crippen LogP contribution < -0.4 is 4.90 Å². The summed E-state index contributed by atoms with van der Waals surface area (Å²) in [6.45, 7) is 3.35. The number of aromatic nitrogens is 2. The maximum atomic E-state index is 11.9. The fraction of sp³-hybridized carbons (Fsp3) is 0.200. The van der Waals surface area contributed by atoms with Crippen LogP contribution in [0.3, 0.4) is 0 Å². The Kier molecular flexibility index (Phi) is 5.48. The van der Waals surface area contributed by atoms with Crippen LogP contribution >= 0.6 is 0 Å². The van der Waals surface area contributed by atoms with Gasteiger partial charge in [-0.2, -0.15) is 5.26 Å². The molecule has 5 rings (SSSR count). The van der Waals surface area contributed by atoms with Gasteiger partial charge in [-0.25, -0.2) is 4.98 Å². The summed E-state index contributed by atoms with van der Waals surface area (Å²) in [6, 6.07) is 20.2. The smallest absolute Gasteiger partial charge is 0.138 e. The summed E-state index contributed by atoms with van der Waals surface area (Å²) in [5.41, 5.74) is 6.37. The Hall–Kier alpha value is -3.47. The predicted octanol–water partition coefficient (Wildman–Crippen LogP) is 4.34. The summed E-state index contributed by atoms with van der Waals surface area (Å²) in [4.78, 5) is 10.8. The normalized spacial score (nSPS) is 14.9. The van der Waals surface area contributed by atoms with Crippen molar-refractivity contribution in [1.82, 2.24) is 9.97 Å². The van der Waals surface area contributed by atoms with Gasteiger partial charge in [0.25, 0.3) is 0 Å². The van der Waals surface area contributed by atoms with Crippen LogP contribution in [0.5, 0.6) is 0 Å². The number of pyridine rings is 1. The summed E-state index contributed by atoms with van der Waals surface area (Å²) in [5, 5.41) is 10.5. The van der Waals surface area contributed by atoms with Gasteiger partial charge in [0.05, 0.1) is 34.5 Å². The Morgan fingerprint density at radius 1 is 1.06 bits per heavy atom. The summed E-state index contributed by atoms with van der Waals surface area (Å²) < 4.78 is 17.3. The lowest BCUT2D eigenvalue weighted by Crippen LogP contribution is -2.36. The van der Waals surface area contributed by atoms with Crippen LogP contribution in [0.2, 0.25) is 0 Å². The first kappa shape index (κ1) is 20.4. The number of nitriles is 1. The molecule has 2 aromatic heterocycles. The number of H-pyrrole nitrogens is 1. The van der Waals surface area contributed by atoms with Crippen molar-refractivity contribution < 1.29 is 8.95 Å². The van der Waals surface area contributed by atoms with Crippen molar-refractivity contribution in [2.24, 2.45) is 0 Å². The largest absolute Gasteiger partial charge is 0.378 e. The second kappa shape index (κ2) is 8.58. The van der Waals surface area contributed by atoms with Gasteiger partial charge in [-0.05, 0) is 53.1 Å². The summed E-state index contributed by atoms with van der Waals surface area (Å²) in [5.74, 6) is 0. The number of hydrogen-bond acceptors (Lipinski definition) is 5. The molecule has 0 radical (unpaired) electrons. The number of ether oxygens (including phenoxy) is 1. The molecule has 7 heteroatoms. The van der Waals surface area contributed by atoms with Crippen LogP contribution in [0.25, 0.3) is 33.4 Å². The minimum atomic E-state index is -1.21. The maximum absolute atomic E-state index is 11.9. The third kappa shape index (κ3) is 3.79. The summed E-state index contributed by atoms with van der Waals surface area (Å²) in [7, 11) is -1.21. The van der Waals surface area contributed by atoms with E-state index in [0.717, 1.165) is 59.7 Å². The number of anilines is 1. The lowest BCUT2D eigenvalue weighted by molar-refractivity contribution is 0.122.